The van der Waals surface area contributed by atoms with Gasteiger partial charge in [-0.25, -0.2) is 4.79 Å². The molecule has 0 saturated heterocycles. The molecule has 0 aromatic heterocycles. The van der Waals surface area contributed by atoms with Crippen LogP contribution in [0.5, 0.6) is 5.75 Å². The van der Waals surface area contributed by atoms with E-state index >= 15 is 0 Å². The number of nitrogens with two attached hydrogens (primary N) is 3. The van der Waals surface area contributed by atoms with Crippen molar-refractivity contribution in [2.24, 2.45) is 29.0 Å². The van der Waals surface area contributed by atoms with E-state index in [1.807, 2.05) is 13.8 Å². The average Bonchev–Trinajstić information content (AvgIpc) is 3.13. The maximum atomic E-state index is 13.3. The van der Waals surface area contributed by atoms with Crippen LogP contribution >= 0.6 is 0 Å². The van der Waals surface area contributed by atoms with Gasteiger partial charge in [0, 0.05) is 6.42 Å². The van der Waals surface area contributed by atoms with Crippen LogP contribution in [0.15, 0.2) is 24.3 Å². The number of aromatic hydroxyl groups is 1. The molecule has 15 N–H and O–H groups in total. The second-order valence-electron chi connectivity index (χ2n) is 14.8. The number of hydrogen-bond acceptors (Lipinski definition) is 12. The third-order valence-electron chi connectivity index (χ3n) is 8.38. The second-order valence-corrected chi connectivity index (χ2v) is 14.8. The number of phenolic OH excluding ortho intramolecular Hbond substituents is 1. The Labute approximate surface area is 341 Å². The number of phenols is 1. The molecular formula is C37H58N10O12. The van der Waals surface area contributed by atoms with E-state index in [0.29, 0.717) is 5.56 Å². The van der Waals surface area contributed by atoms with Crippen LogP contribution < -0.4 is 54.4 Å². The van der Waals surface area contributed by atoms with Crippen molar-refractivity contribution in [3.8, 4) is 5.75 Å². The van der Waals surface area contributed by atoms with E-state index in [1.165, 1.54) is 19.1 Å². The quantitative estimate of drug-likeness (QED) is 0.0428. The van der Waals surface area contributed by atoms with Crippen molar-refractivity contribution in [1.29, 1.82) is 0 Å². The summed E-state index contributed by atoms with van der Waals surface area (Å²) in [5.74, 6) is -9.25. The summed E-state index contributed by atoms with van der Waals surface area (Å²) in [6.45, 7) is 7.24. The highest BCUT2D eigenvalue weighted by Gasteiger charge is 2.32. The van der Waals surface area contributed by atoms with Gasteiger partial charge < -0.3 is 64.6 Å². The predicted molar refractivity (Wildman–Crippen MR) is 210 cm³/mol. The molecule has 0 unspecified atom stereocenters. The third kappa shape index (κ3) is 20.6. The normalized spacial score (nSPS) is 14.0. The zero-order valence-corrected chi connectivity index (χ0v) is 33.8. The minimum absolute atomic E-state index is 0.0234. The SMILES string of the molecule is CC(C)C[C@H](NC(=O)[C@H](C)NC(=O)CNC(=O)CNC(=O)[C@H](CC(C)C)NC(=O)[C@@H](N)Cc1ccc(O)cc1)C(=O)N[C@@H](CC(N)=O)C(=O)N[C@@H](CCC(N)=O)C(=O)O. The summed E-state index contributed by atoms with van der Waals surface area (Å²) >= 11 is 0. The highest BCUT2D eigenvalue weighted by molar-refractivity contribution is 5.97. The topological polar surface area (TPSA) is 373 Å². The van der Waals surface area contributed by atoms with Crippen LogP contribution in [0.1, 0.15) is 72.3 Å². The molecule has 59 heavy (non-hydrogen) atoms. The van der Waals surface area contributed by atoms with E-state index in [1.54, 1.807) is 26.0 Å². The minimum Gasteiger partial charge on any atom is -0.508 e. The molecule has 22 heteroatoms. The lowest BCUT2D eigenvalue weighted by molar-refractivity contribution is -0.142. The van der Waals surface area contributed by atoms with Crippen LogP contribution in [0, 0.1) is 11.8 Å². The number of carboxylic acid groups (broad SMARTS) is 1. The Bertz CT molecular complexity index is 1670. The standard InChI is InChI=1S/C37H58N10O12/c1-18(2)12-25(46-33(54)23(38)14-21-6-8-22(48)9-7-21)34(55)42-16-30(51)41-17-31(52)43-20(5)32(53)45-26(13-19(3)4)35(56)47-27(15-29(40)50)36(57)44-24(37(58)59)10-11-28(39)49/h6-9,18-20,23-27,48H,10-17,38H2,1-5H3,(H2,39,49)(H2,40,50)(H,41,51)(H,42,55)(H,43,52)(H,44,57)(H,45,53)(H,46,54)(H,47,56)(H,58,59)/t20-,23-,24-,25-,26-,27-/m0/s1. The van der Waals surface area contributed by atoms with Crippen molar-refractivity contribution < 1.29 is 58.2 Å². The number of nitrogens with one attached hydrogen (secondary N) is 7. The van der Waals surface area contributed by atoms with E-state index < -0.39 is 115 Å². The van der Waals surface area contributed by atoms with E-state index in [9.17, 15) is 58.2 Å². The molecule has 1 aromatic rings. The summed E-state index contributed by atoms with van der Waals surface area (Å²) < 4.78 is 0. The minimum atomic E-state index is -1.66. The largest absolute Gasteiger partial charge is 0.508 e. The molecule has 0 radical (unpaired) electrons. The Morgan fingerprint density at radius 2 is 1.08 bits per heavy atom. The molecule has 0 aliphatic carbocycles. The molecule has 328 valence electrons. The molecule has 0 bridgehead atoms. The first-order valence-electron chi connectivity index (χ1n) is 18.9. The number of carboxylic acids is 1. The van der Waals surface area contributed by atoms with Crippen molar-refractivity contribution in [2.45, 2.75) is 109 Å². The number of rotatable bonds is 26. The first-order chi connectivity index (χ1) is 27.5. The lowest BCUT2D eigenvalue weighted by Gasteiger charge is -2.25. The monoisotopic (exact) mass is 834 g/mol. The summed E-state index contributed by atoms with van der Waals surface area (Å²) in [7, 11) is 0. The lowest BCUT2D eigenvalue weighted by atomic mass is 10.0. The van der Waals surface area contributed by atoms with Crippen LogP contribution in [0.3, 0.4) is 0 Å². The van der Waals surface area contributed by atoms with Gasteiger partial charge in [-0.1, -0.05) is 39.8 Å². The number of amides is 9. The maximum Gasteiger partial charge on any atom is 0.326 e. The Kier molecular flexibility index (Phi) is 21.6. The van der Waals surface area contributed by atoms with Gasteiger partial charge >= 0.3 is 5.97 Å². The number of benzene rings is 1. The molecule has 0 aliphatic heterocycles. The maximum absolute atomic E-state index is 13.3. The highest BCUT2D eigenvalue weighted by atomic mass is 16.4. The van der Waals surface area contributed by atoms with Crippen LogP contribution in [-0.4, -0.2) is 119 Å². The second kappa shape index (κ2) is 25.1. The number of hydrogen-bond donors (Lipinski definition) is 12. The fraction of sp³-hybridized carbons (Fsp3) is 0.568. The number of carbonyl (C=O) groups is 10. The van der Waals surface area contributed by atoms with Gasteiger partial charge in [0.1, 0.15) is 36.0 Å². The molecule has 1 rings (SSSR count). The molecule has 1 aromatic carbocycles. The van der Waals surface area contributed by atoms with Gasteiger partial charge in [-0.3, -0.25) is 43.2 Å². The van der Waals surface area contributed by atoms with E-state index in [2.05, 4.69) is 37.2 Å². The molecule has 0 heterocycles. The van der Waals surface area contributed by atoms with Crippen molar-refractivity contribution >= 4 is 59.1 Å². The van der Waals surface area contributed by atoms with Gasteiger partial charge in [-0.15, -0.1) is 0 Å². The van der Waals surface area contributed by atoms with Crippen LogP contribution in [0.4, 0.5) is 0 Å². The summed E-state index contributed by atoms with van der Waals surface area (Å²) in [6, 6.07) is -1.71. The van der Waals surface area contributed by atoms with Crippen molar-refractivity contribution in [1.82, 2.24) is 37.2 Å². The van der Waals surface area contributed by atoms with E-state index in [0.717, 1.165) is 0 Å². The number of carbonyl (C=O) groups excluding carboxylic acids is 9. The lowest BCUT2D eigenvalue weighted by Crippen LogP contribution is -2.58. The molecule has 9 amide bonds. The molecular weight excluding hydrogens is 776 g/mol. The smallest absolute Gasteiger partial charge is 0.326 e. The first kappa shape index (κ1) is 50.7. The Balaban J connectivity index is 2.78. The van der Waals surface area contributed by atoms with Crippen molar-refractivity contribution in [3.63, 3.8) is 0 Å². The Hall–Kier alpha value is -6.32. The number of aliphatic carboxylic acids is 1. The summed E-state index contributed by atoms with van der Waals surface area (Å²) in [4.78, 5) is 125. The van der Waals surface area contributed by atoms with Gasteiger partial charge in [0.2, 0.25) is 53.2 Å². The van der Waals surface area contributed by atoms with Gasteiger partial charge in [0.25, 0.3) is 0 Å². The Morgan fingerprint density at radius 3 is 1.61 bits per heavy atom. The molecule has 0 aliphatic rings. The van der Waals surface area contributed by atoms with Crippen molar-refractivity contribution in [3.05, 3.63) is 29.8 Å². The van der Waals surface area contributed by atoms with Gasteiger partial charge in [0.05, 0.1) is 25.6 Å². The van der Waals surface area contributed by atoms with Crippen LogP contribution in [0.25, 0.3) is 0 Å². The summed E-state index contributed by atoms with van der Waals surface area (Å²) in [5.41, 5.74) is 17.0. The third-order valence-corrected chi connectivity index (χ3v) is 8.38. The van der Waals surface area contributed by atoms with Crippen molar-refractivity contribution in [2.75, 3.05) is 13.1 Å². The fourth-order valence-corrected chi connectivity index (χ4v) is 5.35. The zero-order valence-electron chi connectivity index (χ0n) is 33.8. The first-order valence-corrected chi connectivity index (χ1v) is 18.9. The van der Waals surface area contributed by atoms with Crippen LogP contribution in [-0.2, 0) is 54.4 Å². The molecule has 0 spiro atoms. The van der Waals surface area contributed by atoms with E-state index in [4.69, 9.17) is 17.2 Å². The molecule has 0 fully saturated rings. The summed E-state index contributed by atoms with van der Waals surface area (Å²) in [6.07, 6.45) is -1.10. The molecule has 6 atom stereocenters. The zero-order chi connectivity index (χ0) is 45.0. The fourth-order valence-electron chi connectivity index (χ4n) is 5.35. The van der Waals surface area contributed by atoms with Gasteiger partial charge in [0.15, 0.2) is 0 Å². The summed E-state index contributed by atoms with van der Waals surface area (Å²) in [5, 5.41) is 35.4. The molecule has 22 nitrogen and oxygen atoms in total. The van der Waals surface area contributed by atoms with Crippen LogP contribution in [0.2, 0.25) is 0 Å². The van der Waals surface area contributed by atoms with E-state index in [-0.39, 0.29) is 49.7 Å². The Morgan fingerprint density at radius 1 is 0.593 bits per heavy atom. The van der Waals surface area contributed by atoms with Gasteiger partial charge in [-0.2, -0.15) is 0 Å². The predicted octanol–water partition coefficient (Wildman–Crippen LogP) is -3.74. The number of primary amides is 2. The highest BCUT2D eigenvalue weighted by Crippen LogP contribution is 2.12. The van der Waals surface area contributed by atoms with Gasteiger partial charge in [-0.05, 0) is 62.1 Å². The average molecular weight is 835 g/mol. The molecule has 0 saturated carbocycles.